The first-order valence-electron chi connectivity index (χ1n) is 9.77. The largest absolute Gasteiger partial charge is 0.491 e. The van der Waals surface area contributed by atoms with E-state index in [0.717, 1.165) is 24.9 Å². The number of rotatable bonds is 11. The number of ether oxygens (including phenoxy) is 1. The Labute approximate surface area is 166 Å². The highest BCUT2D eigenvalue weighted by Gasteiger charge is 2.08. The van der Waals surface area contributed by atoms with Crippen molar-refractivity contribution in [1.82, 2.24) is 5.32 Å². The molecule has 0 aliphatic heterocycles. The Morgan fingerprint density at radius 2 is 1.71 bits per heavy atom. The van der Waals surface area contributed by atoms with Crippen molar-refractivity contribution in [1.29, 1.82) is 0 Å². The summed E-state index contributed by atoms with van der Waals surface area (Å²) in [4.78, 5) is 24.2. The van der Waals surface area contributed by atoms with Crippen LogP contribution in [0.25, 0.3) is 0 Å². The quantitative estimate of drug-likeness (QED) is 0.511. The second-order valence-corrected chi connectivity index (χ2v) is 6.43. The molecule has 0 unspecified atom stereocenters. The molecule has 0 aliphatic rings. The number of hydrogen-bond acceptors (Lipinski definition) is 4. The van der Waals surface area contributed by atoms with Crippen LogP contribution in [0.5, 0.6) is 5.75 Å². The Morgan fingerprint density at radius 1 is 0.964 bits per heavy atom. The number of nitrogens with one attached hydrogen (secondary N) is 3. The molecule has 150 valence electrons. The van der Waals surface area contributed by atoms with Gasteiger partial charge in [-0.1, -0.05) is 32.4 Å². The van der Waals surface area contributed by atoms with Crippen molar-refractivity contribution in [2.45, 2.75) is 33.1 Å². The molecule has 2 rings (SSSR count). The highest BCUT2D eigenvalue weighted by molar-refractivity contribution is 5.96. The van der Waals surface area contributed by atoms with Gasteiger partial charge in [-0.25, -0.2) is 0 Å². The van der Waals surface area contributed by atoms with Crippen LogP contribution in [0.4, 0.5) is 11.4 Å². The van der Waals surface area contributed by atoms with Gasteiger partial charge in [0.1, 0.15) is 5.75 Å². The van der Waals surface area contributed by atoms with E-state index < -0.39 is 0 Å². The van der Waals surface area contributed by atoms with E-state index in [4.69, 9.17) is 4.74 Å². The summed E-state index contributed by atoms with van der Waals surface area (Å²) >= 11 is 0. The minimum absolute atomic E-state index is 0.0918. The molecule has 6 nitrogen and oxygen atoms in total. The lowest BCUT2D eigenvalue weighted by atomic mass is 10.2. The summed E-state index contributed by atoms with van der Waals surface area (Å²) in [6.45, 7) is 5.51. The zero-order chi connectivity index (χ0) is 20.2. The molecule has 2 aromatic rings. The number of para-hydroxylation sites is 2. The summed E-state index contributed by atoms with van der Waals surface area (Å²) in [7, 11) is 0. The first kappa shape index (κ1) is 21.3. The zero-order valence-corrected chi connectivity index (χ0v) is 16.6. The van der Waals surface area contributed by atoms with E-state index in [-0.39, 0.29) is 18.4 Å². The number of amides is 2. The topological polar surface area (TPSA) is 79.5 Å². The molecule has 3 N–H and O–H groups in total. The first-order chi connectivity index (χ1) is 13.6. The lowest BCUT2D eigenvalue weighted by Gasteiger charge is -2.13. The summed E-state index contributed by atoms with van der Waals surface area (Å²) in [5.41, 5.74) is 2.03. The van der Waals surface area contributed by atoms with Gasteiger partial charge in [0.25, 0.3) is 5.91 Å². The SMILES string of the molecule is CCCCOc1ccccc1NC(=O)CNc1ccc(C(=O)NCCC)cc1. The third-order valence-electron chi connectivity index (χ3n) is 4.05. The van der Waals surface area contributed by atoms with Crippen LogP contribution in [0.2, 0.25) is 0 Å². The molecule has 0 saturated heterocycles. The van der Waals surface area contributed by atoms with Gasteiger partial charge in [-0.05, 0) is 49.2 Å². The average Bonchev–Trinajstić information content (AvgIpc) is 2.72. The van der Waals surface area contributed by atoms with Crippen LogP contribution < -0.4 is 20.7 Å². The van der Waals surface area contributed by atoms with Gasteiger partial charge in [-0.15, -0.1) is 0 Å². The maximum atomic E-state index is 12.3. The van der Waals surface area contributed by atoms with Crippen LogP contribution in [0.1, 0.15) is 43.5 Å². The summed E-state index contributed by atoms with van der Waals surface area (Å²) in [5.74, 6) is 0.411. The zero-order valence-electron chi connectivity index (χ0n) is 16.6. The second kappa shape index (κ2) is 11.6. The van der Waals surface area contributed by atoms with Crippen LogP contribution in [0.15, 0.2) is 48.5 Å². The van der Waals surface area contributed by atoms with Crippen LogP contribution in [-0.2, 0) is 4.79 Å². The predicted molar refractivity (Wildman–Crippen MR) is 113 cm³/mol. The number of carbonyl (C=O) groups excluding carboxylic acids is 2. The molecular weight excluding hydrogens is 354 g/mol. The normalized spacial score (nSPS) is 10.2. The van der Waals surface area contributed by atoms with Crippen LogP contribution in [0, 0.1) is 0 Å². The third kappa shape index (κ3) is 6.95. The third-order valence-corrected chi connectivity index (χ3v) is 4.05. The van der Waals surface area contributed by atoms with E-state index in [1.807, 2.05) is 31.2 Å². The maximum Gasteiger partial charge on any atom is 0.251 e. The average molecular weight is 383 g/mol. The molecule has 2 amide bonds. The van der Waals surface area contributed by atoms with Crippen molar-refractivity contribution in [2.24, 2.45) is 0 Å². The van der Waals surface area contributed by atoms with Gasteiger partial charge < -0.3 is 20.7 Å². The van der Waals surface area contributed by atoms with E-state index in [1.165, 1.54) is 0 Å². The number of unbranched alkanes of at least 4 members (excludes halogenated alkanes) is 1. The molecule has 0 atom stereocenters. The second-order valence-electron chi connectivity index (χ2n) is 6.43. The van der Waals surface area contributed by atoms with Gasteiger partial charge in [0, 0.05) is 17.8 Å². The molecule has 6 heteroatoms. The van der Waals surface area contributed by atoms with Crippen molar-refractivity contribution in [2.75, 3.05) is 30.3 Å². The fraction of sp³-hybridized carbons (Fsp3) is 0.364. The highest BCUT2D eigenvalue weighted by Crippen LogP contribution is 2.24. The molecule has 0 heterocycles. The molecule has 0 spiro atoms. The van der Waals surface area contributed by atoms with Gasteiger partial charge >= 0.3 is 0 Å². The molecule has 0 aliphatic carbocycles. The molecule has 0 fully saturated rings. The Hall–Kier alpha value is -3.02. The Kier molecular flexibility index (Phi) is 8.85. The molecule has 0 saturated carbocycles. The first-order valence-corrected chi connectivity index (χ1v) is 9.77. The van der Waals surface area contributed by atoms with E-state index in [0.29, 0.717) is 30.2 Å². The van der Waals surface area contributed by atoms with Crippen LogP contribution in [-0.4, -0.2) is 31.5 Å². The van der Waals surface area contributed by atoms with Crippen LogP contribution >= 0.6 is 0 Å². The van der Waals surface area contributed by atoms with E-state index in [9.17, 15) is 9.59 Å². The molecule has 2 aromatic carbocycles. The van der Waals surface area contributed by atoms with Gasteiger partial charge in [0.15, 0.2) is 0 Å². The van der Waals surface area contributed by atoms with Gasteiger partial charge in [-0.2, -0.15) is 0 Å². The van der Waals surface area contributed by atoms with Gasteiger partial charge in [0.2, 0.25) is 5.91 Å². The van der Waals surface area contributed by atoms with Crippen molar-refractivity contribution in [3.63, 3.8) is 0 Å². The summed E-state index contributed by atoms with van der Waals surface area (Å²) in [6, 6.07) is 14.5. The standard InChI is InChI=1S/C22H29N3O3/c1-3-5-15-28-20-9-7-6-8-19(20)25-21(26)16-24-18-12-10-17(11-13-18)22(27)23-14-4-2/h6-13,24H,3-5,14-16H2,1-2H3,(H,23,27)(H,25,26). The summed E-state index contributed by atoms with van der Waals surface area (Å²) in [6.07, 6.45) is 2.92. The number of carbonyl (C=O) groups is 2. The minimum atomic E-state index is -0.170. The molecule has 28 heavy (non-hydrogen) atoms. The van der Waals surface area contributed by atoms with Crippen molar-refractivity contribution in [3.05, 3.63) is 54.1 Å². The van der Waals surface area contributed by atoms with E-state index in [1.54, 1.807) is 24.3 Å². The number of hydrogen-bond donors (Lipinski definition) is 3. The smallest absolute Gasteiger partial charge is 0.251 e. The number of benzene rings is 2. The fourth-order valence-electron chi connectivity index (χ4n) is 2.48. The minimum Gasteiger partial charge on any atom is -0.491 e. The van der Waals surface area contributed by atoms with E-state index >= 15 is 0 Å². The molecule has 0 radical (unpaired) electrons. The van der Waals surface area contributed by atoms with Crippen LogP contribution in [0.3, 0.4) is 0 Å². The van der Waals surface area contributed by atoms with Crippen molar-refractivity contribution in [3.8, 4) is 5.75 Å². The fourth-order valence-corrected chi connectivity index (χ4v) is 2.48. The highest BCUT2D eigenvalue weighted by atomic mass is 16.5. The van der Waals surface area contributed by atoms with E-state index in [2.05, 4.69) is 22.9 Å². The summed E-state index contributed by atoms with van der Waals surface area (Å²) < 4.78 is 5.73. The van der Waals surface area contributed by atoms with Gasteiger partial charge in [-0.3, -0.25) is 9.59 Å². The molecule has 0 bridgehead atoms. The summed E-state index contributed by atoms with van der Waals surface area (Å²) in [5, 5.41) is 8.76. The van der Waals surface area contributed by atoms with Crippen molar-refractivity contribution >= 4 is 23.2 Å². The monoisotopic (exact) mass is 383 g/mol. The lowest BCUT2D eigenvalue weighted by molar-refractivity contribution is -0.114. The Bertz CT molecular complexity index is 760. The lowest BCUT2D eigenvalue weighted by Crippen LogP contribution is -2.24. The Balaban J connectivity index is 1.85. The maximum absolute atomic E-state index is 12.3. The van der Waals surface area contributed by atoms with Crippen molar-refractivity contribution < 1.29 is 14.3 Å². The Morgan fingerprint density at radius 3 is 2.43 bits per heavy atom. The molecular formula is C22H29N3O3. The van der Waals surface area contributed by atoms with Gasteiger partial charge in [0.05, 0.1) is 18.8 Å². The number of anilines is 2. The predicted octanol–water partition coefficient (Wildman–Crippen LogP) is 4.06. The molecule has 0 aromatic heterocycles.